The molecule has 0 aliphatic carbocycles. The molecule has 0 bridgehead atoms. The van der Waals surface area contributed by atoms with Crippen molar-refractivity contribution in [3.05, 3.63) is 179 Å². The number of rotatable bonds is 38. The third-order valence-electron chi connectivity index (χ3n) is 17.0. The third kappa shape index (κ3) is 24.5. The average Bonchev–Trinajstić information content (AvgIpc) is 1.34. The van der Waals surface area contributed by atoms with Crippen LogP contribution >= 0.6 is 7.82 Å². The van der Waals surface area contributed by atoms with Crippen LogP contribution in [0.2, 0.25) is 0 Å². The van der Waals surface area contributed by atoms with Crippen LogP contribution in [-0.2, 0) is 139 Å². The summed E-state index contributed by atoms with van der Waals surface area (Å²) in [6, 6.07) is 41.1. The van der Waals surface area contributed by atoms with Crippen LogP contribution in [0.3, 0.4) is 0 Å². The topological polar surface area (TPSA) is 293 Å². The fourth-order valence-electron chi connectivity index (χ4n) is 11.3. The lowest BCUT2D eigenvalue weighted by Gasteiger charge is -2.47. The van der Waals surface area contributed by atoms with Gasteiger partial charge in [-0.25, -0.2) is 4.57 Å². The van der Waals surface area contributed by atoms with E-state index < -0.39 is 155 Å². The van der Waals surface area contributed by atoms with E-state index in [0.29, 0.717) is 29.5 Å². The summed E-state index contributed by atoms with van der Waals surface area (Å²) >= 11 is 0. The number of aliphatic hydroxyl groups is 1. The van der Waals surface area contributed by atoms with E-state index in [1.165, 1.54) is 0 Å². The van der Waals surface area contributed by atoms with E-state index in [-0.39, 0.29) is 78.2 Å². The number of benzene rings is 5. The Morgan fingerprint density at radius 2 is 0.879 bits per heavy atom. The Morgan fingerprint density at radius 1 is 0.465 bits per heavy atom. The van der Waals surface area contributed by atoms with E-state index in [9.17, 15) is 33.9 Å². The summed E-state index contributed by atoms with van der Waals surface area (Å²) in [7, 11) is -4.73. The summed E-state index contributed by atoms with van der Waals surface area (Å²) in [5.41, 5.74) is 4.52. The zero-order valence-corrected chi connectivity index (χ0v) is 58.0. The van der Waals surface area contributed by atoms with Crippen LogP contribution in [0, 0.1) is 0 Å². The fourth-order valence-corrected chi connectivity index (χ4v) is 12.7. The van der Waals surface area contributed by atoms with Gasteiger partial charge in [0, 0.05) is 12.8 Å². The fraction of sp³-hybridized carbons (Fsp3) is 0.514. The first-order valence-corrected chi connectivity index (χ1v) is 35.6. The van der Waals surface area contributed by atoms with Gasteiger partial charge in [-0.2, -0.15) is 0 Å². The monoisotopic (exact) mass is 1390 g/mol. The van der Waals surface area contributed by atoms with Crippen molar-refractivity contribution in [2.45, 2.75) is 231 Å². The van der Waals surface area contributed by atoms with E-state index in [4.69, 9.17) is 65.7 Å². The van der Waals surface area contributed by atoms with E-state index in [0.717, 1.165) is 16.7 Å². The van der Waals surface area contributed by atoms with Gasteiger partial charge in [0.1, 0.15) is 48.7 Å². The van der Waals surface area contributed by atoms with Crippen LogP contribution in [0.15, 0.2) is 146 Å². The van der Waals surface area contributed by atoms with Crippen molar-refractivity contribution in [3.8, 4) is 0 Å². The predicted octanol–water partition coefficient (Wildman–Crippen LogP) is 10.3. The van der Waals surface area contributed by atoms with Gasteiger partial charge >= 0.3 is 31.7 Å². The van der Waals surface area contributed by atoms with Crippen molar-refractivity contribution < 1.29 is 104 Å². The molecule has 99 heavy (non-hydrogen) atoms. The number of amides is 2. The van der Waals surface area contributed by atoms with Gasteiger partial charge in [0.25, 0.3) is 0 Å². The van der Waals surface area contributed by atoms with Gasteiger partial charge < -0.3 is 67.8 Å². The first kappa shape index (κ1) is 77.4. The molecule has 14 atom stereocenters. The summed E-state index contributed by atoms with van der Waals surface area (Å²) in [5, 5.41) is 18.2. The molecular weight excluding hydrogens is 1300 g/mol. The molecule has 5 unspecified atom stereocenters. The number of fused-ring (bicyclic) bond motifs is 1. The molecule has 2 fully saturated rings. The molecule has 0 spiro atoms. The predicted molar refractivity (Wildman–Crippen MR) is 359 cm³/mol. The number of carbonyl (C=O) groups excluding carboxylic acids is 6. The van der Waals surface area contributed by atoms with Gasteiger partial charge in [0.15, 0.2) is 24.8 Å². The molecule has 8 rings (SSSR count). The molecule has 3 aliphatic heterocycles. The Morgan fingerprint density at radius 3 is 1.37 bits per heavy atom. The molecule has 2 amide bonds. The molecule has 0 saturated carbocycles. The number of nitrogens with one attached hydrogen (secondary N) is 2. The molecule has 0 aromatic heterocycles. The van der Waals surface area contributed by atoms with Crippen LogP contribution in [-0.4, -0.2) is 140 Å². The number of hydrogen-bond acceptors (Lipinski definition) is 22. The first-order valence-electron chi connectivity index (χ1n) is 34.2. The molecule has 24 nitrogen and oxygen atoms in total. The molecule has 3 heterocycles. The number of carbonyl (C=O) groups is 6. The maximum absolute atomic E-state index is 15.2. The van der Waals surface area contributed by atoms with Crippen molar-refractivity contribution in [1.29, 1.82) is 0 Å². The quantitative estimate of drug-likeness (QED) is 0.0188. The molecule has 3 aliphatic rings. The van der Waals surface area contributed by atoms with E-state index in [1.54, 1.807) is 64.1 Å². The second-order valence-electron chi connectivity index (χ2n) is 24.3. The lowest BCUT2D eigenvalue weighted by Crippen LogP contribution is -2.68. The van der Waals surface area contributed by atoms with Gasteiger partial charge in [-0.1, -0.05) is 187 Å². The van der Waals surface area contributed by atoms with Gasteiger partial charge in [-0.05, 0) is 59.1 Å². The molecule has 2 saturated heterocycles. The number of phosphoric ester groups is 1. The van der Waals surface area contributed by atoms with Crippen molar-refractivity contribution in [1.82, 2.24) is 10.6 Å². The number of aliphatic hydroxyl groups excluding tert-OH is 1. The van der Waals surface area contributed by atoms with Crippen molar-refractivity contribution in [2.24, 2.45) is 0 Å². The Hall–Kier alpha value is -7.29. The summed E-state index contributed by atoms with van der Waals surface area (Å²) in [5.74, 6) is -4.19. The Kier molecular flexibility index (Phi) is 31.5. The Bertz CT molecular complexity index is 3310. The maximum Gasteiger partial charge on any atom is 0.475 e. The molecule has 538 valence electrons. The zero-order valence-electron chi connectivity index (χ0n) is 57.1. The molecule has 5 aromatic rings. The minimum absolute atomic E-state index is 0.00338. The van der Waals surface area contributed by atoms with Crippen LogP contribution in [0.5, 0.6) is 0 Å². The second-order valence-corrected chi connectivity index (χ2v) is 26.0. The first-order chi connectivity index (χ1) is 48.0. The molecule has 5 aromatic carbocycles. The summed E-state index contributed by atoms with van der Waals surface area (Å²) in [6.07, 6.45) is -16.2. The summed E-state index contributed by atoms with van der Waals surface area (Å²) in [6.45, 7) is 9.21. The van der Waals surface area contributed by atoms with Crippen molar-refractivity contribution >= 4 is 43.5 Å². The summed E-state index contributed by atoms with van der Waals surface area (Å²) in [4.78, 5) is 83.9. The smallest absolute Gasteiger partial charge is 0.462 e. The van der Waals surface area contributed by atoms with Gasteiger partial charge in [-0.3, -0.25) is 42.3 Å². The minimum atomic E-state index is -4.73. The largest absolute Gasteiger partial charge is 0.475 e. The standard InChI is InChI=1S/C74H95N2O22P/c1-7-55(86-42-50-29-19-14-20-30-50)37-61(77)75-67-71(96-65(81)39-56(8-2)87-43-51-31-21-15-22-32-51)69(88-44-52-33-23-16-24-34-52)60(94-73(67)83)48-89-74-68(76-62(78)38-57(9-3)92-63(79)11-5)72(97-66(82)40-58(10-4)93-64(80)12-6)70(59(95-74)47-85-41-49-27-17-13-18-28-49)98-99(84)90-45-53-35-25-26-36-54(53)46-91-99/h13-36,55-60,67-74,83H,7-12,37-48H2,1-6H3,(H,75,77)(H,76,78)/t55-,56-,57+,58+,59?,60?,67?,68?,69-,70-,71+,72+,73?,74+/m0/s1. The van der Waals surface area contributed by atoms with Gasteiger partial charge in [0.05, 0.1) is 90.7 Å². The van der Waals surface area contributed by atoms with Crippen LogP contribution < -0.4 is 10.6 Å². The number of phosphoric acid groups is 1. The van der Waals surface area contributed by atoms with Crippen LogP contribution in [0.1, 0.15) is 139 Å². The van der Waals surface area contributed by atoms with Crippen molar-refractivity contribution in [3.63, 3.8) is 0 Å². The highest BCUT2D eigenvalue weighted by Gasteiger charge is 2.55. The minimum Gasteiger partial charge on any atom is -0.462 e. The Labute approximate surface area is 579 Å². The Balaban J connectivity index is 1.19. The third-order valence-corrected chi connectivity index (χ3v) is 18.4. The van der Waals surface area contributed by atoms with E-state index >= 15 is 4.57 Å². The molecular formula is C74H95N2O22P. The van der Waals surface area contributed by atoms with Crippen LogP contribution in [0.25, 0.3) is 0 Å². The number of hydrogen-bond donors (Lipinski definition) is 3. The lowest BCUT2D eigenvalue weighted by molar-refractivity contribution is -0.304. The van der Waals surface area contributed by atoms with E-state index in [1.807, 2.05) is 123 Å². The maximum atomic E-state index is 15.2. The SMILES string of the molecule is CCC(=O)O[C@H](CC)CC(=O)NC1[C@H](OCC2OC(O)C(NC(=O)C[C@H](CC)OCc3ccccc3)[C@@H](OC(=O)C[C@H](CC)OCc3ccccc3)[C@H]2OCc2ccccc2)OC(COCc2ccccc2)[C@H](OP2(=O)OCc3ccccc3CO2)[C@@H]1OC(=O)C[C@@H](CC)OC(=O)CC. The van der Waals surface area contributed by atoms with Gasteiger partial charge in [-0.15, -0.1) is 0 Å². The number of esters is 4. The van der Waals surface area contributed by atoms with Crippen molar-refractivity contribution in [2.75, 3.05) is 13.2 Å². The highest BCUT2D eigenvalue weighted by atomic mass is 31.2. The van der Waals surface area contributed by atoms with E-state index in [2.05, 4.69) is 10.6 Å². The highest BCUT2D eigenvalue weighted by Crippen LogP contribution is 2.55. The normalized spacial score (nSPS) is 23.1. The van der Waals surface area contributed by atoms with Crippen LogP contribution in [0.4, 0.5) is 0 Å². The molecule has 25 heteroatoms. The van der Waals surface area contributed by atoms with Gasteiger partial charge in [0.2, 0.25) is 11.8 Å². The number of ether oxygens (including phenoxy) is 11. The molecule has 3 N–H and O–H groups in total. The summed E-state index contributed by atoms with van der Waals surface area (Å²) < 4.78 is 104. The molecule has 0 radical (unpaired) electrons. The lowest BCUT2D eigenvalue weighted by atomic mass is 9.95. The second kappa shape index (κ2) is 40.2. The average molecular weight is 1400 g/mol. The highest BCUT2D eigenvalue weighted by molar-refractivity contribution is 7.48. The zero-order chi connectivity index (χ0) is 70.5.